The molecule has 7 nitrogen and oxygen atoms in total. The highest BCUT2D eigenvalue weighted by Gasteiger charge is 2.14. The highest BCUT2D eigenvalue weighted by Crippen LogP contribution is 2.33. The summed E-state index contributed by atoms with van der Waals surface area (Å²) in [5.74, 6) is 1.62. The smallest absolute Gasteiger partial charge is 0.234 e. The van der Waals surface area contributed by atoms with Crippen LogP contribution < -0.4 is 20.5 Å². The molecular formula is C18H20N4O3S2. The lowest BCUT2D eigenvalue weighted by atomic mass is 10.2. The molecule has 0 aliphatic heterocycles. The van der Waals surface area contributed by atoms with Crippen LogP contribution in [-0.4, -0.2) is 35.8 Å². The van der Waals surface area contributed by atoms with Gasteiger partial charge in [-0.25, -0.2) is 9.97 Å². The number of nitrogens with zero attached hydrogens (tertiary/aromatic N) is 2. The van der Waals surface area contributed by atoms with Crippen LogP contribution in [0.3, 0.4) is 0 Å². The first-order valence-electron chi connectivity index (χ1n) is 8.10. The minimum atomic E-state index is -0.184. The number of rotatable bonds is 6. The molecule has 0 radical (unpaired) electrons. The number of carbonyl (C=O) groups is 1. The van der Waals surface area contributed by atoms with E-state index in [2.05, 4.69) is 15.3 Å². The number of fused-ring (bicyclic) bond motifs is 1. The van der Waals surface area contributed by atoms with Gasteiger partial charge in [-0.05, 0) is 19.4 Å². The van der Waals surface area contributed by atoms with Crippen LogP contribution in [0.15, 0.2) is 23.4 Å². The molecule has 1 amide bonds. The van der Waals surface area contributed by atoms with E-state index in [9.17, 15) is 4.79 Å². The molecule has 0 bridgehead atoms. The molecule has 0 atom stereocenters. The van der Waals surface area contributed by atoms with Gasteiger partial charge in [0.15, 0.2) is 5.16 Å². The number of nitrogen functional groups attached to an aromatic ring is 1. The number of aryl methyl sites for hydroxylation is 2. The standard InChI is InChI=1S/C18H20N4O3S2/c1-9-10(2)27-17-15(9)16(19)21-18(22-17)26-8-14(23)20-11-5-12(24-3)7-13(6-11)25-4/h5-7H,8H2,1-4H3,(H,20,23)(H2,19,21,22). The topological polar surface area (TPSA) is 99.4 Å². The van der Waals surface area contributed by atoms with E-state index in [0.717, 1.165) is 20.7 Å². The third kappa shape index (κ3) is 4.25. The molecule has 27 heavy (non-hydrogen) atoms. The van der Waals surface area contributed by atoms with Crippen LogP contribution in [0.1, 0.15) is 10.4 Å². The molecule has 2 heterocycles. The fraction of sp³-hybridized carbons (Fsp3) is 0.278. The van der Waals surface area contributed by atoms with Crippen molar-refractivity contribution in [2.24, 2.45) is 0 Å². The third-order valence-corrected chi connectivity index (χ3v) is 5.95. The number of nitrogens with one attached hydrogen (secondary N) is 1. The Morgan fingerprint density at radius 2 is 1.85 bits per heavy atom. The number of thioether (sulfide) groups is 1. The summed E-state index contributed by atoms with van der Waals surface area (Å²) in [6.07, 6.45) is 0. The Hall–Kier alpha value is -2.52. The van der Waals surface area contributed by atoms with E-state index in [4.69, 9.17) is 15.2 Å². The maximum atomic E-state index is 12.3. The zero-order chi connectivity index (χ0) is 19.6. The summed E-state index contributed by atoms with van der Waals surface area (Å²) in [6.45, 7) is 4.04. The molecule has 0 fully saturated rings. The van der Waals surface area contributed by atoms with Crippen molar-refractivity contribution < 1.29 is 14.3 Å². The summed E-state index contributed by atoms with van der Waals surface area (Å²) in [4.78, 5) is 23.2. The summed E-state index contributed by atoms with van der Waals surface area (Å²) >= 11 is 2.82. The quantitative estimate of drug-likeness (QED) is 0.478. The van der Waals surface area contributed by atoms with Gasteiger partial charge in [0.05, 0.1) is 25.4 Å². The molecule has 3 rings (SSSR count). The van der Waals surface area contributed by atoms with E-state index >= 15 is 0 Å². The highest BCUT2D eigenvalue weighted by atomic mass is 32.2. The molecule has 0 saturated heterocycles. The van der Waals surface area contributed by atoms with E-state index in [1.165, 1.54) is 11.8 Å². The molecule has 3 N–H and O–H groups in total. The van der Waals surface area contributed by atoms with Crippen LogP contribution in [-0.2, 0) is 4.79 Å². The van der Waals surface area contributed by atoms with Crippen molar-refractivity contribution in [3.05, 3.63) is 28.6 Å². The van der Waals surface area contributed by atoms with Gasteiger partial charge in [-0.15, -0.1) is 11.3 Å². The lowest BCUT2D eigenvalue weighted by Gasteiger charge is -2.09. The Kier molecular flexibility index (Phi) is 5.71. The van der Waals surface area contributed by atoms with Gasteiger partial charge in [0, 0.05) is 28.8 Å². The van der Waals surface area contributed by atoms with Crippen molar-refractivity contribution in [1.82, 2.24) is 9.97 Å². The van der Waals surface area contributed by atoms with Crippen molar-refractivity contribution in [1.29, 1.82) is 0 Å². The lowest BCUT2D eigenvalue weighted by molar-refractivity contribution is -0.113. The van der Waals surface area contributed by atoms with E-state index < -0.39 is 0 Å². The lowest BCUT2D eigenvalue weighted by Crippen LogP contribution is -2.14. The summed E-state index contributed by atoms with van der Waals surface area (Å²) in [7, 11) is 3.12. The Morgan fingerprint density at radius 1 is 1.19 bits per heavy atom. The average Bonchev–Trinajstić information content (AvgIpc) is 2.94. The van der Waals surface area contributed by atoms with Crippen molar-refractivity contribution in [3.63, 3.8) is 0 Å². The van der Waals surface area contributed by atoms with Crippen molar-refractivity contribution in [2.75, 3.05) is 31.0 Å². The Balaban J connectivity index is 1.70. The van der Waals surface area contributed by atoms with Crippen LogP contribution in [0.2, 0.25) is 0 Å². The molecular weight excluding hydrogens is 384 g/mol. The molecule has 2 aromatic heterocycles. The fourth-order valence-electron chi connectivity index (χ4n) is 2.53. The molecule has 1 aromatic carbocycles. The van der Waals surface area contributed by atoms with Gasteiger partial charge in [-0.2, -0.15) is 0 Å². The second-order valence-electron chi connectivity index (χ2n) is 5.79. The zero-order valence-corrected chi connectivity index (χ0v) is 17.1. The van der Waals surface area contributed by atoms with E-state index in [1.54, 1.807) is 43.8 Å². The highest BCUT2D eigenvalue weighted by molar-refractivity contribution is 7.99. The van der Waals surface area contributed by atoms with E-state index in [0.29, 0.717) is 28.2 Å². The van der Waals surface area contributed by atoms with Gasteiger partial charge in [0.25, 0.3) is 0 Å². The van der Waals surface area contributed by atoms with Gasteiger partial charge in [-0.3, -0.25) is 4.79 Å². The predicted octanol–water partition coefficient (Wildman–Crippen LogP) is 3.64. The van der Waals surface area contributed by atoms with Crippen LogP contribution in [0, 0.1) is 13.8 Å². The number of nitrogens with two attached hydrogens (primary N) is 1. The van der Waals surface area contributed by atoms with Crippen LogP contribution in [0.4, 0.5) is 11.5 Å². The number of thiophene rings is 1. The minimum absolute atomic E-state index is 0.161. The number of benzene rings is 1. The van der Waals surface area contributed by atoms with Crippen LogP contribution in [0.25, 0.3) is 10.2 Å². The maximum absolute atomic E-state index is 12.3. The van der Waals surface area contributed by atoms with Crippen LogP contribution in [0.5, 0.6) is 11.5 Å². The Bertz CT molecular complexity index is 982. The minimum Gasteiger partial charge on any atom is -0.497 e. The molecule has 9 heteroatoms. The SMILES string of the molecule is COc1cc(NC(=O)CSc2nc(N)c3c(C)c(C)sc3n2)cc(OC)c1. The van der Waals surface area contributed by atoms with Crippen LogP contribution >= 0.6 is 23.1 Å². The largest absolute Gasteiger partial charge is 0.497 e. The normalized spacial score (nSPS) is 10.8. The Morgan fingerprint density at radius 3 is 2.48 bits per heavy atom. The number of anilines is 2. The number of ether oxygens (including phenoxy) is 2. The first kappa shape index (κ1) is 19.2. The molecule has 142 valence electrons. The maximum Gasteiger partial charge on any atom is 0.234 e. The van der Waals surface area contributed by atoms with Gasteiger partial charge in [0.2, 0.25) is 5.91 Å². The number of carbonyl (C=O) groups excluding carboxylic acids is 1. The molecule has 3 aromatic rings. The van der Waals surface area contributed by atoms with Gasteiger partial charge in [0.1, 0.15) is 22.1 Å². The predicted molar refractivity (Wildman–Crippen MR) is 110 cm³/mol. The fourth-order valence-corrected chi connectivity index (χ4v) is 4.28. The number of hydrogen-bond donors (Lipinski definition) is 2. The Labute approximate surface area is 165 Å². The second kappa shape index (κ2) is 8.01. The molecule has 0 aliphatic rings. The van der Waals surface area contributed by atoms with E-state index in [1.807, 2.05) is 13.8 Å². The van der Waals surface area contributed by atoms with Gasteiger partial charge < -0.3 is 20.5 Å². The summed E-state index contributed by atoms with van der Waals surface area (Å²) in [5, 5.41) is 4.21. The molecule has 0 aliphatic carbocycles. The monoisotopic (exact) mass is 404 g/mol. The second-order valence-corrected chi connectivity index (χ2v) is 7.94. The van der Waals surface area contributed by atoms with Crippen molar-refractivity contribution in [3.8, 4) is 11.5 Å². The van der Waals surface area contributed by atoms with Gasteiger partial charge >= 0.3 is 0 Å². The first-order chi connectivity index (χ1) is 12.9. The zero-order valence-electron chi connectivity index (χ0n) is 15.5. The molecule has 0 unspecified atom stereocenters. The number of methoxy groups -OCH3 is 2. The number of aromatic nitrogens is 2. The molecule has 0 spiro atoms. The molecule has 0 saturated carbocycles. The summed E-state index contributed by atoms with van der Waals surface area (Å²) < 4.78 is 10.4. The first-order valence-corrected chi connectivity index (χ1v) is 9.90. The van der Waals surface area contributed by atoms with Crippen molar-refractivity contribution in [2.45, 2.75) is 19.0 Å². The third-order valence-electron chi connectivity index (χ3n) is 4.00. The van der Waals surface area contributed by atoms with Gasteiger partial charge in [-0.1, -0.05) is 11.8 Å². The summed E-state index contributed by atoms with van der Waals surface area (Å²) in [6, 6.07) is 5.19. The number of amides is 1. The summed E-state index contributed by atoms with van der Waals surface area (Å²) in [5.41, 5.74) is 7.78. The number of hydrogen-bond acceptors (Lipinski definition) is 8. The average molecular weight is 405 g/mol. The van der Waals surface area contributed by atoms with E-state index in [-0.39, 0.29) is 11.7 Å². The van der Waals surface area contributed by atoms with Crippen molar-refractivity contribution >= 4 is 50.7 Å².